The van der Waals surface area contributed by atoms with Gasteiger partial charge in [-0.2, -0.15) is 5.10 Å². The summed E-state index contributed by atoms with van der Waals surface area (Å²) in [5.41, 5.74) is 2.55. The van der Waals surface area contributed by atoms with E-state index < -0.39 is 11.5 Å². The zero-order chi connectivity index (χ0) is 20.3. The molecular weight excluding hydrogens is 356 g/mol. The van der Waals surface area contributed by atoms with E-state index >= 15 is 0 Å². The Morgan fingerprint density at radius 1 is 1.11 bits per heavy atom. The van der Waals surface area contributed by atoms with Crippen LogP contribution in [0.4, 0.5) is 5.69 Å². The SMILES string of the molecule is Cc1ccc(NC(=O)c2ccc(=O)n(CC(=O)N3CCC(C)CC3)n2)cc1C. The van der Waals surface area contributed by atoms with Crippen LogP contribution in [0.5, 0.6) is 0 Å². The average molecular weight is 382 g/mol. The number of aromatic nitrogens is 2. The van der Waals surface area contributed by atoms with E-state index in [1.807, 2.05) is 32.0 Å². The van der Waals surface area contributed by atoms with Crippen LogP contribution in [0.2, 0.25) is 0 Å². The van der Waals surface area contributed by atoms with Gasteiger partial charge in [-0.15, -0.1) is 0 Å². The van der Waals surface area contributed by atoms with Crippen molar-refractivity contribution < 1.29 is 9.59 Å². The van der Waals surface area contributed by atoms with Gasteiger partial charge >= 0.3 is 0 Å². The zero-order valence-electron chi connectivity index (χ0n) is 16.6. The van der Waals surface area contributed by atoms with E-state index in [2.05, 4.69) is 17.3 Å². The van der Waals surface area contributed by atoms with Crippen molar-refractivity contribution in [3.8, 4) is 0 Å². The molecule has 1 aliphatic heterocycles. The molecule has 0 spiro atoms. The second-order valence-electron chi connectivity index (χ2n) is 7.53. The van der Waals surface area contributed by atoms with Crippen LogP contribution in [0.1, 0.15) is 41.4 Å². The number of carbonyl (C=O) groups is 2. The maximum Gasteiger partial charge on any atom is 0.276 e. The Labute approximate surface area is 164 Å². The Balaban J connectivity index is 1.71. The van der Waals surface area contributed by atoms with E-state index in [9.17, 15) is 14.4 Å². The van der Waals surface area contributed by atoms with Gasteiger partial charge in [-0.05, 0) is 61.9 Å². The molecular formula is C21H26N4O3. The first-order valence-corrected chi connectivity index (χ1v) is 9.58. The molecule has 2 amide bonds. The van der Waals surface area contributed by atoms with Gasteiger partial charge in [0.25, 0.3) is 11.5 Å². The quantitative estimate of drug-likeness (QED) is 0.880. The van der Waals surface area contributed by atoms with Crippen LogP contribution in [0.3, 0.4) is 0 Å². The van der Waals surface area contributed by atoms with Crippen molar-refractivity contribution in [2.75, 3.05) is 18.4 Å². The average Bonchev–Trinajstić information content (AvgIpc) is 2.67. The number of hydrogen-bond acceptors (Lipinski definition) is 4. The Hall–Kier alpha value is -2.96. The van der Waals surface area contributed by atoms with Crippen molar-refractivity contribution in [3.63, 3.8) is 0 Å². The maximum atomic E-state index is 12.5. The van der Waals surface area contributed by atoms with Crippen molar-refractivity contribution in [3.05, 3.63) is 57.5 Å². The molecule has 2 heterocycles. The van der Waals surface area contributed by atoms with Gasteiger partial charge in [0.2, 0.25) is 5.91 Å². The van der Waals surface area contributed by atoms with Gasteiger partial charge in [0.05, 0.1) is 0 Å². The summed E-state index contributed by atoms with van der Waals surface area (Å²) < 4.78 is 1.07. The van der Waals surface area contributed by atoms with Gasteiger partial charge in [-0.1, -0.05) is 13.0 Å². The number of amides is 2. The molecule has 1 N–H and O–H groups in total. The molecule has 0 saturated carbocycles. The van der Waals surface area contributed by atoms with Crippen molar-refractivity contribution in [1.82, 2.24) is 14.7 Å². The summed E-state index contributed by atoms with van der Waals surface area (Å²) in [5, 5.41) is 6.89. The maximum absolute atomic E-state index is 12.5. The molecule has 1 aliphatic rings. The van der Waals surface area contributed by atoms with Gasteiger partial charge in [0, 0.05) is 24.8 Å². The number of anilines is 1. The second kappa shape index (κ2) is 8.37. The minimum atomic E-state index is -0.420. The fraction of sp³-hybridized carbons (Fsp3) is 0.429. The van der Waals surface area contributed by atoms with Crippen molar-refractivity contribution in [2.45, 2.75) is 40.2 Å². The second-order valence-corrected chi connectivity index (χ2v) is 7.53. The summed E-state index contributed by atoms with van der Waals surface area (Å²) in [6, 6.07) is 8.27. The molecule has 1 aromatic heterocycles. The molecule has 1 aromatic carbocycles. The van der Waals surface area contributed by atoms with Crippen LogP contribution in [0, 0.1) is 19.8 Å². The highest BCUT2D eigenvalue weighted by molar-refractivity contribution is 6.02. The Kier molecular flexibility index (Phi) is 5.92. The van der Waals surface area contributed by atoms with Gasteiger partial charge < -0.3 is 10.2 Å². The van der Waals surface area contributed by atoms with E-state index in [1.165, 1.54) is 12.1 Å². The molecule has 0 aliphatic carbocycles. The number of hydrogen-bond donors (Lipinski definition) is 1. The molecule has 3 rings (SSSR count). The molecule has 7 heteroatoms. The number of likely N-dealkylation sites (tertiary alicyclic amines) is 1. The number of benzene rings is 1. The molecule has 7 nitrogen and oxygen atoms in total. The van der Waals surface area contributed by atoms with Gasteiger partial charge in [0.1, 0.15) is 12.2 Å². The lowest BCUT2D eigenvalue weighted by Crippen LogP contribution is -2.41. The highest BCUT2D eigenvalue weighted by Gasteiger charge is 2.21. The minimum Gasteiger partial charge on any atom is -0.341 e. The lowest BCUT2D eigenvalue weighted by atomic mass is 9.99. The number of rotatable bonds is 4. The first kappa shape index (κ1) is 19.8. The van der Waals surface area contributed by atoms with Crippen LogP contribution < -0.4 is 10.9 Å². The van der Waals surface area contributed by atoms with Crippen molar-refractivity contribution in [1.29, 1.82) is 0 Å². The molecule has 148 valence electrons. The molecule has 0 atom stereocenters. The third-order valence-electron chi connectivity index (χ3n) is 5.29. The topological polar surface area (TPSA) is 84.3 Å². The summed E-state index contributed by atoms with van der Waals surface area (Å²) in [6.07, 6.45) is 1.93. The third-order valence-corrected chi connectivity index (χ3v) is 5.29. The summed E-state index contributed by atoms with van der Waals surface area (Å²) in [5.74, 6) is 0.0480. The fourth-order valence-electron chi connectivity index (χ4n) is 3.18. The fourth-order valence-corrected chi connectivity index (χ4v) is 3.18. The lowest BCUT2D eigenvalue weighted by molar-refractivity contribution is -0.133. The largest absolute Gasteiger partial charge is 0.341 e. The summed E-state index contributed by atoms with van der Waals surface area (Å²) in [6.45, 7) is 7.38. The van der Waals surface area contributed by atoms with Gasteiger partial charge in [-0.3, -0.25) is 14.4 Å². The first-order chi connectivity index (χ1) is 13.3. The highest BCUT2D eigenvalue weighted by Crippen LogP contribution is 2.16. The number of nitrogens with one attached hydrogen (secondary N) is 1. The normalized spacial score (nSPS) is 14.8. The number of carbonyl (C=O) groups excluding carboxylic acids is 2. The Morgan fingerprint density at radius 2 is 1.82 bits per heavy atom. The highest BCUT2D eigenvalue weighted by atomic mass is 16.2. The predicted octanol–water partition coefficient (Wildman–Crippen LogP) is 2.37. The third kappa shape index (κ3) is 4.65. The van der Waals surface area contributed by atoms with E-state index in [-0.39, 0.29) is 18.1 Å². The summed E-state index contributed by atoms with van der Waals surface area (Å²) >= 11 is 0. The van der Waals surface area contributed by atoms with Crippen LogP contribution in [-0.2, 0) is 11.3 Å². The molecule has 1 saturated heterocycles. The number of aryl methyl sites for hydroxylation is 2. The van der Waals surface area contributed by atoms with E-state index in [0.717, 1.165) is 28.7 Å². The van der Waals surface area contributed by atoms with E-state index in [0.29, 0.717) is 24.7 Å². The Bertz CT molecular complexity index is 943. The zero-order valence-corrected chi connectivity index (χ0v) is 16.6. The lowest BCUT2D eigenvalue weighted by Gasteiger charge is -2.30. The molecule has 0 bridgehead atoms. The van der Waals surface area contributed by atoms with Gasteiger partial charge in [0.15, 0.2) is 0 Å². The number of nitrogens with zero attached hydrogens (tertiary/aromatic N) is 3. The minimum absolute atomic E-state index is 0.0953. The molecule has 28 heavy (non-hydrogen) atoms. The summed E-state index contributed by atoms with van der Waals surface area (Å²) in [7, 11) is 0. The predicted molar refractivity (Wildman–Crippen MR) is 107 cm³/mol. The van der Waals surface area contributed by atoms with E-state index in [1.54, 1.807) is 4.90 Å². The monoisotopic (exact) mass is 382 g/mol. The number of piperidine rings is 1. The Morgan fingerprint density at radius 3 is 2.50 bits per heavy atom. The van der Waals surface area contributed by atoms with Crippen LogP contribution in [-0.4, -0.2) is 39.6 Å². The molecule has 0 unspecified atom stereocenters. The van der Waals surface area contributed by atoms with Crippen LogP contribution in [0.15, 0.2) is 35.1 Å². The van der Waals surface area contributed by atoms with Crippen LogP contribution >= 0.6 is 0 Å². The standard InChI is InChI=1S/C21H26N4O3/c1-14-8-10-24(11-9-14)20(27)13-25-19(26)7-6-18(23-25)21(28)22-17-5-4-15(2)16(3)12-17/h4-7,12,14H,8-11,13H2,1-3H3,(H,22,28). The van der Waals surface area contributed by atoms with Crippen molar-refractivity contribution in [2.24, 2.45) is 5.92 Å². The molecule has 1 fully saturated rings. The molecule has 2 aromatic rings. The molecule has 0 radical (unpaired) electrons. The van der Waals surface area contributed by atoms with Crippen LogP contribution in [0.25, 0.3) is 0 Å². The van der Waals surface area contributed by atoms with Crippen molar-refractivity contribution >= 4 is 17.5 Å². The summed E-state index contributed by atoms with van der Waals surface area (Å²) in [4.78, 5) is 38.9. The first-order valence-electron chi connectivity index (χ1n) is 9.58. The smallest absolute Gasteiger partial charge is 0.276 e. The van der Waals surface area contributed by atoms with Gasteiger partial charge in [-0.25, -0.2) is 4.68 Å². The van der Waals surface area contributed by atoms with E-state index in [4.69, 9.17) is 0 Å².